The van der Waals surface area contributed by atoms with Gasteiger partial charge in [0.25, 0.3) is 0 Å². The number of ether oxygens (including phenoxy) is 4. The highest BCUT2D eigenvalue weighted by molar-refractivity contribution is 5.42. The third-order valence-corrected chi connectivity index (χ3v) is 9.12. The van der Waals surface area contributed by atoms with Crippen LogP contribution in [0.5, 0.6) is 11.5 Å². The topological polar surface area (TPSA) is 63.8 Å². The second-order valence-corrected chi connectivity index (χ2v) is 13.3. The van der Waals surface area contributed by atoms with E-state index in [1.165, 1.54) is 22.3 Å². The fourth-order valence-corrected chi connectivity index (χ4v) is 5.71. The number of benzene rings is 4. The predicted molar refractivity (Wildman–Crippen MR) is 174 cm³/mol. The molecule has 3 atom stereocenters. The van der Waals surface area contributed by atoms with Gasteiger partial charge in [0, 0.05) is 10.8 Å². The monoisotopic (exact) mass is 592 g/mol. The summed E-state index contributed by atoms with van der Waals surface area (Å²) < 4.78 is 22.1. The minimum absolute atomic E-state index is 0.147. The minimum atomic E-state index is -0.449. The summed E-state index contributed by atoms with van der Waals surface area (Å²) in [6.07, 6.45) is 1.29. The second kappa shape index (κ2) is 12.8. The van der Waals surface area contributed by atoms with Crippen LogP contribution in [0.3, 0.4) is 0 Å². The minimum Gasteiger partial charge on any atom is -0.491 e. The Morgan fingerprint density at radius 3 is 1.16 bits per heavy atom. The molecule has 0 saturated carbocycles. The summed E-state index contributed by atoms with van der Waals surface area (Å²) in [6, 6.07) is 34.1. The molecule has 0 aromatic heterocycles. The number of hydrogen-bond donors (Lipinski definition) is 1. The average Bonchev–Trinajstić information content (AvgIpc) is 3.96. The van der Waals surface area contributed by atoms with Gasteiger partial charge in [-0.15, -0.1) is 0 Å². The highest BCUT2D eigenvalue weighted by Crippen LogP contribution is 2.34. The Balaban J connectivity index is 1.02. The van der Waals surface area contributed by atoms with Gasteiger partial charge in [0.05, 0.1) is 19.3 Å². The van der Waals surface area contributed by atoms with Crippen LogP contribution >= 0.6 is 0 Å². The lowest BCUT2D eigenvalue weighted by atomic mass is 9.77. The fraction of sp³-hybridized carbons (Fsp3) is 0.385. The highest BCUT2D eigenvalue weighted by atomic mass is 16.6. The van der Waals surface area contributed by atoms with Crippen molar-refractivity contribution >= 4 is 0 Å². The van der Waals surface area contributed by atoms with Crippen molar-refractivity contribution in [2.24, 2.45) is 0 Å². The van der Waals surface area contributed by atoms with Gasteiger partial charge < -0.3 is 24.1 Å². The summed E-state index contributed by atoms with van der Waals surface area (Å²) in [7, 11) is 0. The molecule has 6 rings (SSSR count). The number of aliphatic hydroxyl groups is 1. The summed E-state index contributed by atoms with van der Waals surface area (Å²) in [5, 5.41) is 10.9. The van der Waals surface area contributed by atoms with Crippen LogP contribution < -0.4 is 9.47 Å². The molecule has 0 amide bonds. The van der Waals surface area contributed by atoms with Gasteiger partial charge in [-0.25, -0.2) is 0 Å². The lowest BCUT2D eigenvalue weighted by molar-refractivity contribution is 0.175. The zero-order valence-electron chi connectivity index (χ0n) is 26.3. The molecule has 1 unspecified atom stereocenters. The lowest BCUT2D eigenvalue weighted by Gasteiger charge is -2.27. The van der Waals surface area contributed by atoms with Crippen LogP contribution in [0.2, 0.25) is 0 Å². The highest BCUT2D eigenvalue weighted by Gasteiger charge is 2.26. The van der Waals surface area contributed by atoms with Gasteiger partial charge in [0.1, 0.15) is 36.9 Å². The molecule has 0 bridgehead atoms. The molecule has 1 N–H and O–H groups in total. The standard InChI is InChI=1S/C39H44O5/c1-38(2,31-13-17-34(18-14-31)41-23-36-25-43-36)29-9-5-27(6-10-29)21-33(40)22-28-7-11-30(12-8-28)39(3,4)32-15-19-35(20-16-32)42-24-37-26-44-37/h5-20,33,36-37,40H,21-26H2,1-4H3/t33?,36-,37+. The van der Waals surface area contributed by atoms with Crippen molar-refractivity contribution in [3.63, 3.8) is 0 Å². The van der Waals surface area contributed by atoms with Crippen molar-refractivity contribution in [1.82, 2.24) is 0 Å². The molecule has 0 aliphatic carbocycles. The molecule has 2 saturated heterocycles. The van der Waals surface area contributed by atoms with E-state index in [1.807, 2.05) is 24.3 Å². The van der Waals surface area contributed by atoms with E-state index >= 15 is 0 Å². The molecular weight excluding hydrogens is 548 g/mol. The number of aliphatic hydroxyl groups excluding tert-OH is 1. The molecule has 2 fully saturated rings. The zero-order valence-corrected chi connectivity index (χ0v) is 26.3. The van der Waals surface area contributed by atoms with Gasteiger partial charge in [-0.1, -0.05) is 100 Å². The van der Waals surface area contributed by atoms with Crippen LogP contribution in [0.15, 0.2) is 97.1 Å². The Morgan fingerprint density at radius 2 is 0.864 bits per heavy atom. The fourth-order valence-electron chi connectivity index (χ4n) is 5.71. The van der Waals surface area contributed by atoms with Crippen molar-refractivity contribution in [3.8, 4) is 11.5 Å². The third-order valence-electron chi connectivity index (χ3n) is 9.12. The molecule has 4 aromatic carbocycles. The smallest absolute Gasteiger partial charge is 0.119 e. The molecule has 0 spiro atoms. The van der Waals surface area contributed by atoms with Crippen molar-refractivity contribution < 1.29 is 24.1 Å². The number of rotatable bonds is 14. The largest absolute Gasteiger partial charge is 0.491 e. The van der Waals surface area contributed by atoms with Crippen LogP contribution in [0, 0.1) is 0 Å². The maximum atomic E-state index is 10.9. The summed E-state index contributed by atoms with van der Waals surface area (Å²) in [6.45, 7) is 11.8. The van der Waals surface area contributed by atoms with Gasteiger partial charge in [0.15, 0.2) is 0 Å². The molecule has 0 radical (unpaired) electrons. The van der Waals surface area contributed by atoms with Gasteiger partial charge in [0.2, 0.25) is 0 Å². The van der Waals surface area contributed by atoms with E-state index < -0.39 is 6.10 Å². The first-order valence-corrected chi connectivity index (χ1v) is 15.7. The van der Waals surface area contributed by atoms with E-state index in [1.54, 1.807) is 0 Å². The van der Waals surface area contributed by atoms with Crippen LogP contribution in [0.25, 0.3) is 0 Å². The van der Waals surface area contributed by atoms with E-state index in [4.69, 9.17) is 18.9 Å². The molecule has 2 aliphatic rings. The summed E-state index contributed by atoms with van der Waals surface area (Å²) in [4.78, 5) is 0. The predicted octanol–water partition coefficient (Wildman–Crippen LogP) is 7.04. The van der Waals surface area contributed by atoms with E-state index in [-0.39, 0.29) is 23.0 Å². The quantitative estimate of drug-likeness (QED) is 0.159. The third kappa shape index (κ3) is 7.52. The first-order chi connectivity index (χ1) is 21.2. The first kappa shape index (κ1) is 30.4. The van der Waals surface area contributed by atoms with Crippen molar-refractivity contribution in [3.05, 3.63) is 130 Å². The number of epoxide rings is 2. The van der Waals surface area contributed by atoms with E-state index in [2.05, 4.69) is 100 Å². The Labute approximate surface area is 261 Å². The normalized spacial score (nSPS) is 18.5. The summed E-state index contributed by atoms with van der Waals surface area (Å²) in [5.41, 5.74) is 6.93. The van der Waals surface area contributed by atoms with Gasteiger partial charge in [-0.3, -0.25) is 0 Å². The van der Waals surface area contributed by atoms with Crippen molar-refractivity contribution in [2.45, 2.75) is 69.7 Å². The molecule has 5 nitrogen and oxygen atoms in total. The van der Waals surface area contributed by atoms with Crippen molar-refractivity contribution in [2.75, 3.05) is 26.4 Å². The van der Waals surface area contributed by atoms with Crippen LogP contribution in [0.4, 0.5) is 0 Å². The van der Waals surface area contributed by atoms with E-state index in [0.29, 0.717) is 26.1 Å². The summed E-state index contributed by atoms with van der Waals surface area (Å²) in [5.74, 6) is 1.75. The van der Waals surface area contributed by atoms with Crippen molar-refractivity contribution in [1.29, 1.82) is 0 Å². The van der Waals surface area contributed by atoms with Gasteiger partial charge >= 0.3 is 0 Å². The van der Waals surface area contributed by atoms with E-state index in [0.717, 1.165) is 35.8 Å². The number of hydrogen-bond acceptors (Lipinski definition) is 5. The lowest BCUT2D eigenvalue weighted by Crippen LogP contribution is -2.20. The molecule has 2 aliphatic heterocycles. The second-order valence-electron chi connectivity index (χ2n) is 13.3. The maximum absolute atomic E-state index is 10.9. The van der Waals surface area contributed by atoms with Gasteiger partial charge in [-0.05, 0) is 70.5 Å². The SMILES string of the molecule is CC(C)(c1ccc(CC(O)Cc2ccc(C(C)(C)c3ccc(OC[C@H]4CO4)cc3)cc2)cc1)c1ccc(OC[C@@H]2CO2)cc1. The molecule has 2 heterocycles. The first-order valence-electron chi connectivity index (χ1n) is 15.7. The maximum Gasteiger partial charge on any atom is 0.119 e. The van der Waals surface area contributed by atoms with Gasteiger partial charge in [-0.2, -0.15) is 0 Å². The van der Waals surface area contributed by atoms with Crippen LogP contribution in [0.1, 0.15) is 61.1 Å². The van der Waals surface area contributed by atoms with E-state index in [9.17, 15) is 5.11 Å². The Hall–Kier alpha value is -3.64. The Kier molecular flexibility index (Phi) is 8.82. The molecular formula is C39H44O5. The Morgan fingerprint density at radius 1 is 0.568 bits per heavy atom. The Bertz CT molecular complexity index is 1380. The average molecular weight is 593 g/mol. The zero-order chi connectivity index (χ0) is 30.7. The summed E-state index contributed by atoms with van der Waals surface area (Å²) >= 11 is 0. The van der Waals surface area contributed by atoms with Crippen LogP contribution in [-0.4, -0.2) is 49.8 Å². The van der Waals surface area contributed by atoms with Crippen LogP contribution in [-0.2, 0) is 33.1 Å². The molecule has 44 heavy (non-hydrogen) atoms. The molecule has 4 aromatic rings. The molecule has 230 valence electrons. The molecule has 5 heteroatoms.